The summed E-state index contributed by atoms with van der Waals surface area (Å²) < 4.78 is 0. The van der Waals surface area contributed by atoms with E-state index in [9.17, 15) is 0 Å². The Bertz CT molecular complexity index is 592. The predicted octanol–water partition coefficient (Wildman–Crippen LogP) is 2.41. The fraction of sp³-hybridized carbons (Fsp3) is 0.312. The number of hydrogen-bond donors (Lipinski definition) is 1. The van der Waals surface area contributed by atoms with E-state index in [1.165, 1.54) is 10.8 Å². The van der Waals surface area contributed by atoms with Crippen LogP contribution in [0, 0.1) is 5.41 Å². The molecule has 1 aliphatic heterocycles. The van der Waals surface area contributed by atoms with Crippen LogP contribution in [0.1, 0.15) is 5.56 Å². The molecule has 0 spiro atoms. The molecule has 0 amide bonds. The van der Waals surface area contributed by atoms with Gasteiger partial charge in [-0.25, -0.2) is 0 Å². The summed E-state index contributed by atoms with van der Waals surface area (Å²) in [4.78, 5) is 4.49. The van der Waals surface area contributed by atoms with Crippen molar-refractivity contribution in [3.8, 4) is 0 Å². The first kappa shape index (κ1) is 12.2. The zero-order valence-electron chi connectivity index (χ0n) is 11.3. The summed E-state index contributed by atoms with van der Waals surface area (Å²) >= 11 is 0. The number of hydrogen-bond acceptors (Lipinski definition) is 2. The van der Waals surface area contributed by atoms with Crippen LogP contribution in [0.3, 0.4) is 0 Å². The molecule has 0 atom stereocenters. The second-order valence-corrected chi connectivity index (χ2v) is 5.17. The third-order valence-corrected chi connectivity index (χ3v) is 3.86. The number of piperazine rings is 1. The molecule has 1 heterocycles. The number of amidine groups is 1. The molecule has 0 aliphatic carbocycles. The van der Waals surface area contributed by atoms with E-state index in [0.717, 1.165) is 31.7 Å². The number of rotatable bonds is 1. The Hall–Kier alpha value is -1.87. The van der Waals surface area contributed by atoms with Crippen LogP contribution in [0.4, 0.5) is 0 Å². The summed E-state index contributed by atoms with van der Waals surface area (Å²) in [6, 6.07) is 14.5. The minimum Gasteiger partial charge on any atom is -0.354 e. The first-order valence-corrected chi connectivity index (χ1v) is 6.76. The number of likely N-dealkylation sites (N-methyl/N-ethyl adjacent to an activating group) is 1. The van der Waals surface area contributed by atoms with Crippen LogP contribution in [0.2, 0.25) is 0 Å². The highest BCUT2D eigenvalue weighted by atomic mass is 15.3. The van der Waals surface area contributed by atoms with Crippen LogP contribution in [0.5, 0.6) is 0 Å². The van der Waals surface area contributed by atoms with E-state index < -0.39 is 0 Å². The van der Waals surface area contributed by atoms with Crippen molar-refractivity contribution in [3.05, 3.63) is 48.0 Å². The van der Waals surface area contributed by atoms with E-state index >= 15 is 0 Å². The summed E-state index contributed by atoms with van der Waals surface area (Å²) in [5, 5.41) is 10.9. The Kier molecular flexibility index (Phi) is 3.22. The molecule has 0 unspecified atom stereocenters. The fourth-order valence-corrected chi connectivity index (χ4v) is 2.63. The van der Waals surface area contributed by atoms with Crippen molar-refractivity contribution in [1.82, 2.24) is 9.80 Å². The van der Waals surface area contributed by atoms with Gasteiger partial charge in [-0.2, -0.15) is 0 Å². The minimum absolute atomic E-state index is 0.657. The molecular weight excluding hydrogens is 234 g/mol. The highest BCUT2D eigenvalue weighted by Crippen LogP contribution is 2.20. The summed E-state index contributed by atoms with van der Waals surface area (Å²) in [5.74, 6) is 0.657. The summed E-state index contributed by atoms with van der Waals surface area (Å²) in [6.45, 7) is 3.96. The highest BCUT2D eigenvalue weighted by molar-refractivity contribution is 6.08. The van der Waals surface area contributed by atoms with Crippen molar-refractivity contribution in [2.45, 2.75) is 0 Å². The maximum absolute atomic E-state index is 8.48. The van der Waals surface area contributed by atoms with Gasteiger partial charge in [0.2, 0.25) is 0 Å². The van der Waals surface area contributed by atoms with Gasteiger partial charge >= 0.3 is 0 Å². The van der Waals surface area contributed by atoms with Crippen LogP contribution in [0.25, 0.3) is 10.8 Å². The molecule has 0 bridgehead atoms. The van der Waals surface area contributed by atoms with E-state index in [4.69, 9.17) is 5.41 Å². The van der Waals surface area contributed by atoms with E-state index in [1.807, 2.05) is 18.2 Å². The Morgan fingerprint density at radius 1 is 0.947 bits per heavy atom. The molecular formula is C16H19N3. The lowest BCUT2D eigenvalue weighted by atomic mass is 10.0. The van der Waals surface area contributed by atoms with Crippen molar-refractivity contribution in [3.63, 3.8) is 0 Å². The number of nitrogens with zero attached hydrogens (tertiary/aromatic N) is 2. The Labute approximate surface area is 114 Å². The second kappa shape index (κ2) is 5.02. The topological polar surface area (TPSA) is 30.3 Å². The van der Waals surface area contributed by atoms with Gasteiger partial charge in [-0.3, -0.25) is 5.41 Å². The molecule has 0 aromatic heterocycles. The lowest BCUT2D eigenvalue weighted by Gasteiger charge is -2.34. The van der Waals surface area contributed by atoms with Crippen molar-refractivity contribution in [1.29, 1.82) is 5.41 Å². The van der Waals surface area contributed by atoms with Gasteiger partial charge in [0.05, 0.1) is 0 Å². The lowest BCUT2D eigenvalue weighted by molar-refractivity contribution is 0.215. The summed E-state index contributed by atoms with van der Waals surface area (Å²) in [6.07, 6.45) is 0. The molecule has 3 nitrogen and oxygen atoms in total. The quantitative estimate of drug-likeness (QED) is 0.625. The number of fused-ring (bicyclic) bond motifs is 1. The van der Waals surface area contributed by atoms with Crippen LogP contribution in [0.15, 0.2) is 42.5 Å². The van der Waals surface area contributed by atoms with Gasteiger partial charge in [-0.15, -0.1) is 0 Å². The third-order valence-electron chi connectivity index (χ3n) is 3.86. The molecule has 0 saturated carbocycles. The van der Waals surface area contributed by atoms with E-state index in [-0.39, 0.29) is 0 Å². The molecule has 1 saturated heterocycles. The van der Waals surface area contributed by atoms with Crippen molar-refractivity contribution in [2.75, 3.05) is 33.2 Å². The monoisotopic (exact) mass is 253 g/mol. The van der Waals surface area contributed by atoms with E-state index in [2.05, 4.69) is 41.1 Å². The van der Waals surface area contributed by atoms with Gasteiger partial charge in [0.25, 0.3) is 0 Å². The predicted molar refractivity (Wildman–Crippen MR) is 79.8 cm³/mol. The maximum Gasteiger partial charge on any atom is 0.128 e. The molecule has 1 aliphatic rings. The Morgan fingerprint density at radius 2 is 1.63 bits per heavy atom. The molecule has 0 radical (unpaired) electrons. The molecule has 98 valence electrons. The van der Waals surface area contributed by atoms with Crippen molar-refractivity contribution >= 4 is 16.6 Å². The van der Waals surface area contributed by atoms with E-state index in [0.29, 0.717) is 5.84 Å². The van der Waals surface area contributed by atoms with Gasteiger partial charge in [0, 0.05) is 31.7 Å². The molecule has 1 fully saturated rings. The summed E-state index contributed by atoms with van der Waals surface area (Å²) in [5.41, 5.74) is 1.04. The van der Waals surface area contributed by atoms with Crippen molar-refractivity contribution in [2.24, 2.45) is 0 Å². The number of benzene rings is 2. The molecule has 2 aromatic carbocycles. The molecule has 2 aromatic rings. The van der Waals surface area contributed by atoms with Crippen LogP contribution < -0.4 is 0 Å². The van der Waals surface area contributed by atoms with Gasteiger partial charge in [0.1, 0.15) is 5.84 Å². The average Bonchev–Trinajstić information content (AvgIpc) is 2.47. The zero-order chi connectivity index (χ0) is 13.2. The SMILES string of the molecule is CN1CCN(C(=N)c2cccc3ccccc23)CC1. The average molecular weight is 253 g/mol. The van der Waals surface area contributed by atoms with Crippen LogP contribution >= 0.6 is 0 Å². The van der Waals surface area contributed by atoms with Gasteiger partial charge in [-0.1, -0.05) is 42.5 Å². The van der Waals surface area contributed by atoms with Crippen molar-refractivity contribution < 1.29 is 0 Å². The number of nitrogens with one attached hydrogen (secondary N) is 1. The zero-order valence-corrected chi connectivity index (χ0v) is 11.3. The van der Waals surface area contributed by atoms with Crippen LogP contribution in [-0.4, -0.2) is 48.9 Å². The van der Waals surface area contributed by atoms with E-state index in [1.54, 1.807) is 0 Å². The smallest absolute Gasteiger partial charge is 0.128 e. The molecule has 19 heavy (non-hydrogen) atoms. The minimum atomic E-state index is 0.657. The maximum atomic E-state index is 8.48. The first-order chi connectivity index (χ1) is 9.25. The first-order valence-electron chi connectivity index (χ1n) is 6.76. The van der Waals surface area contributed by atoms with Crippen LogP contribution in [-0.2, 0) is 0 Å². The van der Waals surface area contributed by atoms with Gasteiger partial charge in [-0.05, 0) is 17.8 Å². The normalized spacial score (nSPS) is 16.8. The van der Waals surface area contributed by atoms with Gasteiger partial charge in [0.15, 0.2) is 0 Å². The largest absolute Gasteiger partial charge is 0.354 e. The van der Waals surface area contributed by atoms with Gasteiger partial charge < -0.3 is 9.80 Å². The second-order valence-electron chi connectivity index (χ2n) is 5.17. The fourth-order valence-electron chi connectivity index (χ4n) is 2.63. The standard InChI is InChI=1S/C16H19N3/c1-18-9-11-19(12-10-18)16(17)15-8-4-6-13-5-2-3-7-14(13)15/h2-8,17H,9-12H2,1H3. The highest BCUT2D eigenvalue weighted by Gasteiger charge is 2.18. The molecule has 3 rings (SSSR count). The third kappa shape index (κ3) is 2.34. The Balaban J connectivity index is 1.93. The Morgan fingerprint density at radius 3 is 2.42 bits per heavy atom. The lowest BCUT2D eigenvalue weighted by Crippen LogP contribution is -2.47. The molecule has 1 N–H and O–H groups in total. The molecule has 3 heteroatoms. The summed E-state index contributed by atoms with van der Waals surface area (Å²) in [7, 11) is 2.14.